The molecule has 56 valence electrons. The average molecular weight is 131 g/mol. The molecule has 2 heteroatoms. The van der Waals surface area contributed by atoms with Gasteiger partial charge >= 0.3 is 0 Å². The molecule has 0 radical (unpaired) electrons. The van der Waals surface area contributed by atoms with Crippen molar-refractivity contribution in [2.24, 2.45) is 0 Å². The fourth-order valence-electron chi connectivity index (χ4n) is 0.223. The largest absolute Gasteiger partial charge is 0.346 e. The number of carbonyl (C=O) groups is 1. The maximum absolute atomic E-state index is 10.3. The van der Waals surface area contributed by atoms with Gasteiger partial charge < -0.3 is 4.90 Å². The van der Waals surface area contributed by atoms with Crippen LogP contribution in [0, 0.1) is 0 Å². The van der Waals surface area contributed by atoms with Crippen molar-refractivity contribution in [1.29, 1.82) is 0 Å². The quantitative estimate of drug-likeness (QED) is 0.528. The summed E-state index contributed by atoms with van der Waals surface area (Å²) in [5.74, 6) is 0.127. The van der Waals surface area contributed by atoms with E-state index in [2.05, 4.69) is 0 Å². The summed E-state index contributed by atoms with van der Waals surface area (Å²) in [6.45, 7) is 8.31. The molecule has 9 heavy (non-hydrogen) atoms. The third-order valence-electron chi connectivity index (χ3n) is 1.01. The number of nitrogens with zero attached hydrogens (tertiary/aromatic N) is 1. The molecule has 0 unspecified atom stereocenters. The first-order chi connectivity index (χ1) is 4.18. The van der Waals surface area contributed by atoms with Gasteiger partial charge in [0.25, 0.3) is 0 Å². The molecule has 0 saturated carbocycles. The normalized spacial score (nSPS) is 7.22. The van der Waals surface area contributed by atoms with Crippen molar-refractivity contribution in [2.45, 2.75) is 27.7 Å². The van der Waals surface area contributed by atoms with Gasteiger partial charge in [0.05, 0.1) is 0 Å². The van der Waals surface area contributed by atoms with E-state index in [0.29, 0.717) is 0 Å². The zero-order valence-electron chi connectivity index (χ0n) is 7.06. The van der Waals surface area contributed by atoms with Gasteiger partial charge in [0.1, 0.15) is 0 Å². The zero-order chi connectivity index (χ0) is 7.86. The molecule has 1 amide bonds. The zero-order valence-corrected chi connectivity index (χ0v) is 7.06. The van der Waals surface area contributed by atoms with Gasteiger partial charge in [-0.25, -0.2) is 0 Å². The van der Waals surface area contributed by atoms with Crippen LogP contribution in [0.3, 0.4) is 0 Å². The van der Waals surface area contributed by atoms with E-state index < -0.39 is 0 Å². The van der Waals surface area contributed by atoms with Crippen molar-refractivity contribution in [3.05, 3.63) is 0 Å². The minimum atomic E-state index is 0.127. The Morgan fingerprint density at radius 2 is 1.78 bits per heavy atom. The van der Waals surface area contributed by atoms with Crippen LogP contribution in [0.5, 0.6) is 0 Å². The average Bonchev–Trinajstić information content (AvgIpc) is 1.91. The van der Waals surface area contributed by atoms with Crippen LogP contribution in [-0.4, -0.2) is 24.4 Å². The van der Waals surface area contributed by atoms with Gasteiger partial charge in [0.15, 0.2) is 0 Å². The number of hydrogen-bond acceptors (Lipinski definition) is 1. The Morgan fingerprint density at radius 3 is 1.78 bits per heavy atom. The van der Waals surface area contributed by atoms with Crippen molar-refractivity contribution in [2.75, 3.05) is 13.6 Å². The van der Waals surface area contributed by atoms with E-state index in [1.54, 1.807) is 18.9 Å². The summed E-state index contributed by atoms with van der Waals surface area (Å²) in [6.07, 6.45) is 0. The van der Waals surface area contributed by atoms with E-state index in [1.807, 2.05) is 20.8 Å². The van der Waals surface area contributed by atoms with Crippen molar-refractivity contribution in [3.63, 3.8) is 0 Å². The van der Waals surface area contributed by atoms with Gasteiger partial charge in [0, 0.05) is 20.5 Å². The summed E-state index contributed by atoms with van der Waals surface area (Å²) in [4.78, 5) is 12.0. The molecule has 0 saturated heterocycles. The Hall–Kier alpha value is -0.530. The molecule has 0 N–H and O–H groups in total. The first-order valence-corrected chi connectivity index (χ1v) is 3.40. The molecule has 0 aliphatic carbocycles. The lowest BCUT2D eigenvalue weighted by molar-refractivity contribution is -0.127. The maximum Gasteiger partial charge on any atom is 0.219 e. The Morgan fingerprint density at radius 1 is 1.44 bits per heavy atom. The molecule has 0 aromatic rings. The first kappa shape index (κ1) is 11.3. The molecule has 0 heterocycles. The van der Waals surface area contributed by atoms with Gasteiger partial charge in [0.2, 0.25) is 5.91 Å². The molecule has 0 aliphatic rings. The lowest BCUT2D eigenvalue weighted by atomic mass is 10.6. The smallest absolute Gasteiger partial charge is 0.219 e. The van der Waals surface area contributed by atoms with Crippen molar-refractivity contribution in [1.82, 2.24) is 4.90 Å². The molecule has 2 nitrogen and oxygen atoms in total. The molecule has 0 aromatic carbocycles. The van der Waals surface area contributed by atoms with Gasteiger partial charge in [-0.05, 0) is 6.92 Å². The summed E-state index contributed by atoms with van der Waals surface area (Å²) in [5.41, 5.74) is 0. The summed E-state index contributed by atoms with van der Waals surface area (Å²) < 4.78 is 0. The topological polar surface area (TPSA) is 20.3 Å². The monoisotopic (exact) mass is 131 g/mol. The lowest BCUT2D eigenvalue weighted by Crippen LogP contribution is -2.22. The van der Waals surface area contributed by atoms with Crippen molar-refractivity contribution >= 4 is 5.91 Å². The summed E-state index contributed by atoms with van der Waals surface area (Å²) >= 11 is 0. The maximum atomic E-state index is 10.3. The number of amides is 1. The SMILES string of the molecule is CC.CCN(C)C(C)=O. The van der Waals surface area contributed by atoms with Gasteiger partial charge in [-0.3, -0.25) is 4.79 Å². The van der Waals surface area contributed by atoms with E-state index in [4.69, 9.17) is 0 Å². The molecule has 0 rings (SSSR count). The Labute approximate surface area is 57.9 Å². The van der Waals surface area contributed by atoms with Crippen LogP contribution >= 0.6 is 0 Å². The van der Waals surface area contributed by atoms with Crippen LogP contribution in [0.15, 0.2) is 0 Å². The highest BCUT2D eigenvalue weighted by molar-refractivity contribution is 5.72. The number of carbonyl (C=O) groups excluding carboxylic acids is 1. The molecular weight excluding hydrogens is 114 g/mol. The van der Waals surface area contributed by atoms with Crippen molar-refractivity contribution < 1.29 is 4.79 Å². The van der Waals surface area contributed by atoms with E-state index in [9.17, 15) is 4.79 Å². The third kappa shape index (κ3) is 7.47. The summed E-state index contributed by atoms with van der Waals surface area (Å²) in [5, 5.41) is 0. The molecular formula is C7H17NO. The Kier molecular flexibility index (Phi) is 9.37. The fraction of sp³-hybridized carbons (Fsp3) is 0.857. The molecule has 0 spiro atoms. The summed E-state index contributed by atoms with van der Waals surface area (Å²) in [7, 11) is 1.78. The molecule has 0 bridgehead atoms. The highest BCUT2D eigenvalue weighted by atomic mass is 16.2. The second kappa shape index (κ2) is 7.47. The van der Waals surface area contributed by atoms with Crippen molar-refractivity contribution in [3.8, 4) is 0 Å². The third-order valence-corrected chi connectivity index (χ3v) is 1.01. The fourth-order valence-corrected chi connectivity index (χ4v) is 0.223. The molecule has 0 fully saturated rings. The minimum Gasteiger partial charge on any atom is -0.346 e. The standard InChI is InChI=1S/C5H11NO.C2H6/c1-4-6(3)5(2)7;1-2/h4H2,1-3H3;1-2H3. The number of hydrogen-bond donors (Lipinski definition) is 0. The van der Waals surface area contributed by atoms with Gasteiger partial charge in [-0.2, -0.15) is 0 Å². The van der Waals surface area contributed by atoms with Crippen LogP contribution in [-0.2, 0) is 4.79 Å². The van der Waals surface area contributed by atoms with Crippen LogP contribution in [0.4, 0.5) is 0 Å². The summed E-state index contributed by atoms with van der Waals surface area (Å²) in [6, 6.07) is 0. The van der Waals surface area contributed by atoms with E-state index in [-0.39, 0.29) is 5.91 Å². The predicted octanol–water partition coefficient (Wildman–Crippen LogP) is 1.51. The molecule has 0 atom stereocenters. The second-order valence-electron chi connectivity index (χ2n) is 1.53. The lowest BCUT2D eigenvalue weighted by Gasteiger charge is -2.09. The Bertz CT molecular complexity index is 71.3. The minimum absolute atomic E-state index is 0.127. The van der Waals surface area contributed by atoms with Gasteiger partial charge in [-0.1, -0.05) is 13.8 Å². The first-order valence-electron chi connectivity index (χ1n) is 3.40. The Balaban J connectivity index is 0. The van der Waals surface area contributed by atoms with E-state index >= 15 is 0 Å². The van der Waals surface area contributed by atoms with E-state index in [0.717, 1.165) is 6.54 Å². The second-order valence-corrected chi connectivity index (χ2v) is 1.53. The predicted molar refractivity (Wildman–Crippen MR) is 40.3 cm³/mol. The molecule has 0 aromatic heterocycles. The van der Waals surface area contributed by atoms with Gasteiger partial charge in [-0.15, -0.1) is 0 Å². The van der Waals surface area contributed by atoms with Crippen LogP contribution < -0.4 is 0 Å². The van der Waals surface area contributed by atoms with Crippen LogP contribution in [0.1, 0.15) is 27.7 Å². The van der Waals surface area contributed by atoms with E-state index in [1.165, 1.54) is 0 Å². The molecule has 0 aliphatic heterocycles. The van der Waals surface area contributed by atoms with Crippen LogP contribution in [0.25, 0.3) is 0 Å². The highest BCUT2D eigenvalue weighted by Gasteiger charge is 1.93. The number of rotatable bonds is 1. The van der Waals surface area contributed by atoms with Crippen LogP contribution in [0.2, 0.25) is 0 Å². The highest BCUT2D eigenvalue weighted by Crippen LogP contribution is 1.78.